The van der Waals surface area contributed by atoms with Crippen LogP contribution in [0.1, 0.15) is 19.8 Å². The summed E-state index contributed by atoms with van der Waals surface area (Å²) in [5.41, 5.74) is 2.55. The summed E-state index contributed by atoms with van der Waals surface area (Å²) in [7, 11) is 0. The van der Waals surface area contributed by atoms with Gasteiger partial charge in [-0.2, -0.15) is 0 Å². The molecule has 0 radical (unpaired) electrons. The Hall–Kier alpha value is -2.00. The van der Waals surface area contributed by atoms with E-state index in [-0.39, 0.29) is 0 Å². The zero-order chi connectivity index (χ0) is 12.3. The fraction of sp³-hybridized carbons (Fsp3) is 0.176. The molecule has 0 amide bonds. The van der Waals surface area contributed by atoms with Crippen LogP contribution in [0, 0.1) is 12.3 Å². The van der Waals surface area contributed by atoms with Crippen molar-refractivity contribution in [3.8, 4) is 23.5 Å². The predicted molar refractivity (Wildman–Crippen MR) is 75.6 cm³/mol. The van der Waals surface area contributed by atoms with Crippen LogP contribution in [0.25, 0.3) is 11.1 Å². The maximum absolute atomic E-state index is 4.89. The van der Waals surface area contributed by atoms with Crippen LogP contribution in [0.5, 0.6) is 0 Å². The molecule has 2 aromatic rings. The normalized spacial score (nSPS) is 8.71. The summed E-state index contributed by atoms with van der Waals surface area (Å²) < 4.78 is 0. The van der Waals surface area contributed by atoms with Crippen LogP contribution in [0.4, 0.5) is 0 Å². The lowest BCUT2D eigenvalue weighted by Crippen LogP contribution is -1.73. The molecular formula is C17H18. The summed E-state index contributed by atoms with van der Waals surface area (Å²) >= 11 is 0. The van der Waals surface area contributed by atoms with E-state index in [1.165, 1.54) is 11.1 Å². The summed E-state index contributed by atoms with van der Waals surface area (Å²) in [5.74, 6) is 2.52. The van der Waals surface area contributed by atoms with Gasteiger partial charge < -0.3 is 0 Å². The third-order valence-corrected chi connectivity index (χ3v) is 2.28. The quantitative estimate of drug-likeness (QED) is 0.642. The molecule has 0 aliphatic heterocycles. The molecule has 0 heteroatoms. The smallest absolute Gasteiger partial charge is 0.00834 e. The topological polar surface area (TPSA) is 0 Å². The second-order valence-electron chi connectivity index (χ2n) is 3.69. The summed E-state index contributed by atoms with van der Waals surface area (Å²) in [6, 6.07) is 20.8. The van der Waals surface area contributed by atoms with Gasteiger partial charge in [-0.25, -0.2) is 0 Å². The molecular weight excluding hydrogens is 204 g/mol. The Morgan fingerprint density at radius 3 is 1.47 bits per heavy atom. The number of benzene rings is 2. The minimum Gasteiger partial charge on any atom is -0.120 e. The second-order valence-corrected chi connectivity index (χ2v) is 3.69. The fourth-order valence-corrected chi connectivity index (χ4v) is 1.41. The minimum atomic E-state index is 0.917. The van der Waals surface area contributed by atoms with Crippen LogP contribution >= 0.6 is 0 Å². The number of hydrogen-bond acceptors (Lipinski definition) is 0. The van der Waals surface area contributed by atoms with Gasteiger partial charge in [0.1, 0.15) is 0 Å². The molecule has 17 heavy (non-hydrogen) atoms. The molecule has 0 spiro atoms. The Balaban J connectivity index is 0.000000249. The molecule has 0 saturated heterocycles. The second kappa shape index (κ2) is 8.19. The highest BCUT2D eigenvalue weighted by atomic mass is 14.0. The molecule has 0 heterocycles. The zero-order valence-electron chi connectivity index (χ0n) is 10.3. The van der Waals surface area contributed by atoms with E-state index in [2.05, 4.69) is 61.4 Å². The average Bonchev–Trinajstić information content (AvgIpc) is 2.42. The standard InChI is InChI=1S/C12H10.C5H8/c1-3-7-11(8-4-1)12-9-5-2-6-10-12;1-3-5-4-2/h1-10H;1H,4-5H2,2H3. The van der Waals surface area contributed by atoms with E-state index in [1.54, 1.807) is 0 Å². The van der Waals surface area contributed by atoms with Crippen molar-refractivity contribution in [2.24, 2.45) is 0 Å². The fourth-order valence-electron chi connectivity index (χ4n) is 1.41. The predicted octanol–water partition coefficient (Wildman–Crippen LogP) is 4.77. The number of hydrogen-bond donors (Lipinski definition) is 0. The van der Waals surface area contributed by atoms with Gasteiger partial charge >= 0.3 is 0 Å². The molecule has 2 aromatic carbocycles. The molecule has 0 fully saturated rings. The van der Waals surface area contributed by atoms with Crippen LogP contribution < -0.4 is 0 Å². The van der Waals surface area contributed by atoms with E-state index in [1.807, 2.05) is 12.1 Å². The number of rotatable bonds is 2. The zero-order valence-corrected chi connectivity index (χ0v) is 10.3. The van der Waals surface area contributed by atoms with Crippen LogP contribution in [-0.4, -0.2) is 0 Å². The van der Waals surface area contributed by atoms with Crippen LogP contribution in [-0.2, 0) is 0 Å². The minimum absolute atomic E-state index is 0.917. The van der Waals surface area contributed by atoms with Crippen molar-refractivity contribution in [2.75, 3.05) is 0 Å². The van der Waals surface area contributed by atoms with E-state index in [0.29, 0.717) is 0 Å². The van der Waals surface area contributed by atoms with Crippen molar-refractivity contribution in [2.45, 2.75) is 19.8 Å². The molecule has 86 valence electrons. The molecule has 0 bridgehead atoms. The Labute approximate surface area is 104 Å². The number of terminal acetylenes is 1. The van der Waals surface area contributed by atoms with E-state index < -0.39 is 0 Å². The van der Waals surface area contributed by atoms with Gasteiger partial charge in [-0.3, -0.25) is 0 Å². The van der Waals surface area contributed by atoms with Crippen molar-refractivity contribution >= 4 is 0 Å². The molecule has 0 atom stereocenters. The van der Waals surface area contributed by atoms with E-state index in [9.17, 15) is 0 Å². The summed E-state index contributed by atoms with van der Waals surface area (Å²) in [6.07, 6.45) is 6.91. The first-order chi connectivity index (χ1) is 8.38. The van der Waals surface area contributed by atoms with Crippen LogP contribution in [0.15, 0.2) is 60.7 Å². The maximum atomic E-state index is 4.89. The van der Waals surface area contributed by atoms with Gasteiger partial charge in [0.2, 0.25) is 0 Å². The van der Waals surface area contributed by atoms with Gasteiger partial charge in [0.15, 0.2) is 0 Å². The lowest BCUT2D eigenvalue weighted by molar-refractivity contribution is 0.984. The summed E-state index contributed by atoms with van der Waals surface area (Å²) in [6.45, 7) is 2.07. The molecule has 0 saturated carbocycles. The van der Waals surface area contributed by atoms with Crippen molar-refractivity contribution in [3.63, 3.8) is 0 Å². The van der Waals surface area contributed by atoms with E-state index in [0.717, 1.165) is 12.8 Å². The first-order valence-corrected chi connectivity index (χ1v) is 5.92. The average molecular weight is 222 g/mol. The van der Waals surface area contributed by atoms with Crippen molar-refractivity contribution in [3.05, 3.63) is 60.7 Å². The van der Waals surface area contributed by atoms with Gasteiger partial charge in [-0.1, -0.05) is 67.6 Å². The van der Waals surface area contributed by atoms with Gasteiger partial charge in [-0.15, -0.1) is 12.3 Å². The van der Waals surface area contributed by atoms with Gasteiger partial charge in [0.25, 0.3) is 0 Å². The monoisotopic (exact) mass is 222 g/mol. The van der Waals surface area contributed by atoms with Crippen molar-refractivity contribution in [1.29, 1.82) is 0 Å². The maximum Gasteiger partial charge on any atom is 0.00834 e. The molecule has 0 aromatic heterocycles. The SMILES string of the molecule is C#CCCC.c1ccc(-c2ccccc2)cc1. The third kappa shape index (κ3) is 5.04. The largest absolute Gasteiger partial charge is 0.120 e. The van der Waals surface area contributed by atoms with E-state index in [4.69, 9.17) is 6.42 Å². The molecule has 2 rings (SSSR count). The highest BCUT2D eigenvalue weighted by Crippen LogP contribution is 2.17. The number of unbranched alkanes of at least 4 members (excludes halogenated alkanes) is 1. The van der Waals surface area contributed by atoms with Crippen LogP contribution in [0.3, 0.4) is 0 Å². The van der Waals surface area contributed by atoms with Gasteiger partial charge in [0, 0.05) is 6.42 Å². The Morgan fingerprint density at radius 1 is 0.824 bits per heavy atom. The van der Waals surface area contributed by atoms with Crippen LogP contribution in [0.2, 0.25) is 0 Å². The summed E-state index contributed by atoms with van der Waals surface area (Å²) in [5, 5.41) is 0. The molecule has 0 nitrogen and oxygen atoms in total. The third-order valence-electron chi connectivity index (χ3n) is 2.28. The Bertz CT molecular complexity index is 397. The highest BCUT2D eigenvalue weighted by molar-refractivity contribution is 5.62. The molecule has 0 aliphatic carbocycles. The first kappa shape index (κ1) is 13.1. The highest BCUT2D eigenvalue weighted by Gasteiger charge is 1.91. The Kier molecular flexibility index (Phi) is 6.29. The van der Waals surface area contributed by atoms with Gasteiger partial charge in [-0.05, 0) is 17.5 Å². The lowest BCUT2D eigenvalue weighted by atomic mass is 10.1. The van der Waals surface area contributed by atoms with E-state index >= 15 is 0 Å². The Morgan fingerprint density at radius 2 is 1.24 bits per heavy atom. The molecule has 0 N–H and O–H groups in total. The first-order valence-electron chi connectivity index (χ1n) is 5.92. The molecule has 0 aliphatic rings. The molecule has 0 unspecified atom stereocenters. The van der Waals surface area contributed by atoms with Gasteiger partial charge in [0.05, 0.1) is 0 Å². The lowest BCUT2D eigenvalue weighted by Gasteiger charge is -1.98. The van der Waals surface area contributed by atoms with Crippen molar-refractivity contribution in [1.82, 2.24) is 0 Å². The van der Waals surface area contributed by atoms with Crippen molar-refractivity contribution < 1.29 is 0 Å². The summed E-state index contributed by atoms with van der Waals surface area (Å²) in [4.78, 5) is 0.